The van der Waals surface area contributed by atoms with Crippen LogP contribution in [0.15, 0.2) is 0 Å². The molecule has 0 radical (unpaired) electrons. The maximum atomic E-state index is 9.10. The summed E-state index contributed by atoms with van der Waals surface area (Å²) in [4.78, 5) is 17.4. The van der Waals surface area contributed by atoms with Crippen molar-refractivity contribution in [2.24, 2.45) is 5.92 Å². The van der Waals surface area contributed by atoms with Crippen LogP contribution in [0.5, 0.6) is 0 Å². The van der Waals surface area contributed by atoms with E-state index in [9.17, 15) is 0 Å². The van der Waals surface area contributed by atoms with Crippen molar-refractivity contribution in [1.82, 2.24) is 15.0 Å². The highest BCUT2D eigenvalue weighted by Crippen LogP contribution is 2.24. The summed E-state index contributed by atoms with van der Waals surface area (Å²) in [7, 11) is 5.65. The molecule has 0 spiro atoms. The summed E-state index contributed by atoms with van der Waals surface area (Å²) >= 11 is 0. The van der Waals surface area contributed by atoms with Gasteiger partial charge in [0.1, 0.15) is 0 Å². The lowest BCUT2D eigenvalue weighted by Crippen LogP contribution is -2.37. The van der Waals surface area contributed by atoms with Crippen molar-refractivity contribution in [3.63, 3.8) is 0 Å². The first-order valence-electron chi connectivity index (χ1n) is 7.11. The monoisotopic (exact) mass is 280 g/mol. The van der Waals surface area contributed by atoms with E-state index in [0.29, 0.717) is 17.8 Å². The molecule has 0 aromatic carbocycles. The number of nitrogens with one attached hydrogen (secondary N) is 1. The summed E-state index contributed by atoms with van der Waals surface area (Å²) in [5.74, 6) is 2.48. The van der Waals surface area contributed by atoms with Crippen LogP contribution in [0.1, 0.15) is 19.3 Å². The molecule has 1 saturated heterocycles. The summed E-state index contributed by atoms with van der Waals surface area (Å²) in [5.41, 5.74) is 0. The Labute approximate surface area is 120 Å². The van der Waals surface area contributed by atoms with Crippen molar-refractivity contribution in [3.8, 4) is 0 Å². The molecule has 1 unspecified atom stereocenters. The van der Waals surface area contributed by atoms with Crippen LogP contribution >= 0.6 is 0 Å². The minimum absolute atomic E-state index is 0.250. The molecule has 2 heterocycles. The molecule has 0 saturated carbocycles. The van der Waals surface area contributed by atoms with Gasteiger partial charge in [-0.05, 0) is 25.2 Å². The zero-order chi connectivity index (χ0) is 14.5. The second kappa shape index (κ2) is 6.69. The summed E-state index contributed by atoms with van der Waals surface area (Å²) < 4.78 is 0. The van der Waals surface area contributed by atoms with Gasteiger partial charge in [0.25, 0.3) is 0 Å². The fourth-order valence-electron chi connectivity index (χ4n) is 2.47. The quantitative estimate of drug-likeness (QED) is 0.817. The SMILES string of the molecule is CNc1nc(N(C)C)nc(N2CCCC(CCO)C2)n1. The van der Waals surface area contributed by atoms with Crippen LogP contribution in [-0.4, -0.2) is 60.9 Å². The van der Waals surface area contributed by atoms with Crippen LogP contribution < -0.4 is 15.1 Å². The second-order valence-corrected chi connectivity index (χ2v) is 5.37. The van der Waals surface area contributed by atoms with Crippen molar-refractivity contribution in [3.05, 3.63) is 0 Å². The van der Waals surface area contributed by atoms with Crippen LogP contribution in [0.3, 0.4) is 0 Å². The maximum absolute atomic E-state index is 9.10. The molecular formula is C13H24N6O. The smallest absolute Gasteiger partial charge is 0.231 e. The molecule has 7 heteroatoms. The minimum Gasteiger partial charge on any atom is -0.396 e. The molecule has 0 amide bonds. The van der Waals surface area contributed by atoms with Gasteiger partial charge in [-0.3, -0.25) is 0 Å². The molecule has 7 nitrogen and oxygen atoms in total. The molecule has 0 aliphatic carbocycles. The Kier molecular flexibility index (Phi) is 4.94. The van der Waals surface area contributed by atoms with Crippen LogP contribution in [0.2, 0.25) is 0 Å². The average molecular weight is 280 g/mol. The highest BCUT2D eigenvalue weighted by atomic mass is 16.3. The van der Waals surface area contributed by atoms with Gasteiger partial charge in [-0.15, -0.1) is 0 Å². The first-order chi connectivity index (χ1) is 9.63. The van der Waals surface area contributed by atoms with Gasteiger partial charge in [0.2, 0.25) is 17.8 Å². The molecule has 20 heavy (non-hydrogen) atoms. The average Bonchev–Trinajstić information content (AvgIpc) is 2.47. The molecule has 1 atom stereocenters. The summed E-state index contributed by atoms with van der Waals surface area (Å²) in [6.07, 6.45) is 3.13. The van der Waals surface area contributed by atoms with E-state index in [2.05, 4.69) is 25.2 Å². The van der Waals surface area contributed by atoms with E-state index in [-0.39, 0.29) is 6.61 Å². The summed E-state index contributed by atoms with van der Waals surface area (Å²) in [5, 5.41) is 12.1. The molecule has 1 aliphatic rings. The molecule has 2 rings (SSSR count). The van der Waals surface area contributed by atoms with Gasteiger partial charge in [-0.25, -0.2) is 0 Å². The van der Waals surface area contributed by atoms with Crippen LogP contribution in [-0.2, 0) is 0 Å². The Bertz CT molecular complexity index is 437. The number of anilines is 3. The largest absolute Gasteiger partial charge is 0.396 e. The van der Waals surface area contributed by atoms with Crippen LogP contribution in [0.25, 0.3) is 0 Å². The number of aromatic nitrogens is 3. The minimum atomic E-state index is 0.250. The third-order valence-electron chi connectivity index (χ3n) is 3.57. The van der Waals surface area contributed by atoms with Gasteiger partial charge in [-0.1, -0.05) is 0 Å². The first kappa shape index (κ1) is 14.8. The Morgan fingerprint density at radius 1 is 1.35 bits per heavy atom. The van der Waals surface area contributed by atoms with E-state index in [1.54, 1.807) is 0 Å². The third kappa shape index (κ3) is 3.47. The zero-order valence-corrected chi connectivity index (χ0v) is 12.5. The molecular weight excluding hydrogens is 256 g/mol. The Morgan fingerprint density at radius 3 is 2.80 bits per heavy atom. The van der Waals surface area contributed by atoms with Gasteiger partial charge in [0.05, 0.1) is 0 Å². The van der Waals surface area contributed by atoms with Crippen LogP contribution in [0, 0.1) is 5.92 Å². The molecule has 112 valence electrons. The Morgan fingerprint density at radius 2 is 2.15 bits per heavy atom. The summed E-state index contributed by atoms with van der Waals surface area (Å²) in [6.45, 7) is 2.11. The predicted molar refractivity (Wildman–Crippen MR) is 80.3 cm³/mol. The number of piperidine rings is 1. The van der Waals surface area contributed by atoms with Gasteiger partial charge in [0.15, 0.2) is 0 Å². The molecule has 1 aromatic rings. The topological polar surface area (TPSA) is 77.4 Å². The molecule has 1 aromatic heterocycles. The van der Waals surface area contributed by atoms with E-state index in [1.165, 1.54) is 6.42 Å². The Balaban J connectivity index is 2.20. The maximum Gasteiger partial charge on any atom is 0.231 e. The van der Waals surface area contributed by atoms with E-state index < -0.39 is 0 Å². The normalized spacial score (nSPS) is 19.0. The Hall–Kier alpha value is -1.63. The van der Waals surface area contributed by atoms with Gasteiger partial charge in [-0.2, -0.15) is 15.0 Å². The number of aliphatic hydroxyl groups is 1. The van der Waals surface area contributed by atoms with E-state index in [0.717, 1.165) is 31.9 Å². The number of hydrogen-bond donors (Lipinski definition) is 2. The molecule has 2 N–H and O–H groups in total. The number of aliphatic hydroxyl groups excluding tert-OH is 1. The van der Waals surface area contributed by atoms with E-state index in [1.807, 2.05) is 26.0 Å². The molecule has 1 aliphatic heterocycles. The van der Waals surface area contributed by atoms with Crippen molar-refractivity contribution in [1.29, 1.82) is 0 Å². The highest BCUT2D eigenvalue weighted by Gasteiger charge is 2.22. The lowest BCUT2D eigenvalue weighted by molar-refractivity contribution is 0.244. The van der Waals surface area contributed by atoms with E-state index >= 15 is 0 Å². The van der Waals surface area contributed by atoms with E-state index in [4.69, 9.17) is 5.11 Å². The highest BCUT2D eigenvalue weighted by molar-refractivity contribution is 5.44. The fraction of sp³-hybridized carbons (Fsp3) is 0.769. The van der Waals surface area contributed by atoms with Gasteiger partial charge < -0.3 is 20.2 Å². The molecule has 1 fully saturated rings. The fourth-order valence-corrected chi connectivity index (χ4v) is 2.47. The zero-order valence-electron chi connectivity index (χ0n) is 12.5. The van der Waals surface area contributed by atoms with Crippen molar-refractivity contribution in [2.75, 3.05) is 56.0 Å². The lowest BCUT2D eigenvalue weighted by atomic mass is 9.95. The van der Waals surface area contributed by atoms with Crippen molar-refractivity contribution in [2.45, 2.75) is 19.3 Å². The van der Waals surface area contributed by atoms with Gasteiger partial charge >= 0.3 is 0 Å². The third-order valence-corrected chi connectivity index (χ3v) is 3.57. The van der Waals surface area contributed by atoms with Crippen molar-refractivity contribution >= 4 is 17.8 Å². The number of nitrogens with zero attached hydrogens (tertiary/aromatic N) is 5. The second-order valence-electron chi connectivity index (χ2n) is 5.37. The van der Waals surface area contributed by atoms with Crippen molar-refractivity contribution < 1.29 is 5.11 Å². The standard InChI is InChI=1S/C13H24N6O/c1-14-11-15-12(18(2)3)17-13(16-11)19-7-4-5-10(9-19)6-8-20/h10,20H,4-9H2,1-3H3,(H,14,15,16,17). The summed E-state index contributed by atoms with van der Waals surface area (Å²) in [6, 6.07) is 0. The van der Waals surface area contributed by atoms with Crippen LogP contribution in [0.4, 0.5) is 17.8 Å². The lowest BCUT2D eigenvalue weighted by Gasteiger charge is -2.32. The number of hydrogen-bond acceptors (Lipinski definition) is 7. The first-order valence-corrected chi connectivity index (χ1v) is 7.11. The van der Waals surface area contributed by atoms with Gasteiger partial charge in [0, 0.05) is 40.8 Å². The molecule has 0 bridgehead atoms. The number of rotatable bonds is 5. The predicted octanol–water partition coefficient (Wildman–Crippen LogP) is 0.578.